The summed E-state index contributed by atoms with van der Waals surface area (Å²) >= 11 is 1.31. The summed E-state index contributed by atoms with van der Waals surface area (Å²) in [4.78, 5) is 0. The van der Waals surface area contributed by atoms with Gasteiger partial charge in [0.2, 0.25) is 5.16 Å². The van der Waals surface area contributed by atoms with E-state index >= 15 is 0 Å². The van der Waals surface area contributed by atoms with Gasteiger partial charge >= 0.3 is 6.36 Å². The number of nitriles is 1. The first-order valence-corrected chi connectivity index (χ1v) is 8.20. The summed E-state index contributed by atoms with van der Waals surface area (Å²) in [7, 11) is 0. The maximum Gasteiger partial charge on any atom is 0.573 e. The zero-order valence-electron chi connectivity index (χ0n) is 13.0. The average Bonchev–Trinajstić information content (AvgIpc) is 3.08. The molecule has 0 aliphatic carbocycles. The molecule has 0 aliphatic rings. The van der Waals surface area contributed by atoms with Crippen molar-refractivity contribution < 1.29 is 17.9 Å². The van der Waals surface area contributed by atoms with Gasteiger partial charge in [0.15, 0.2) is 0 Å². The Balaban J connectivity index is 1.75. The molecule has 0 saturated heterocycles. The number of rotatable bonds is 5. The number of hydrogen-bond acceptors (Lipinski definition) is 6. The van der Waals surface area contributed by atoms with Gasteiger partial charge in [0, 0.05) is 5.75 Å². The SMILES string of the molecule is N#Cc1ccccc1CSc1nnnn1-c1ccc(OC(F)(F)F)cc1. The number of aromatic nitrogens is 4. The van der Waals surface area contributed by atoms with E-state index in [2.05, 4.69) is 26.3 Å². The monoisotopic (exact) mass is 377 g/mol. The molecule has 0 unspecified atom stereocenters. The molecule has 0 fully saturated rings. The van der Waals surface area contributed by atoms with E-state index in [0.29, 0.717) is 22.2 Å². The van der Waals surface area contributed by atoms with Crippen molar-refractivity contribution >= 4 is 11.8 Å². The molecule has 3 aromatic rings. The second kappa shape index (κ2) is 7.45. The smallest absolute Gasteiger partial charge is 0.406 e. The van der Waals surface area contributed by atoms with Gasteiger partial charge in [-0.1, -0.05) is 30.0 Å². The molecule has 2 aromatic carbocycles. The van der Waals surface area contributed by atoms with E-state index in [1.807, 2.05) is 12.1 Å². The summed E-state index contributed by atoms with van der Waals surface area (Å²) in [6.07, 6.45) is -4.74. The average molecular weight is 377 g/mol. The molecule has 0 aliphatic heterocycles. The lowest BCUT2D eigenvalue weighted by Crippen LogP contribution is -2.17. The standard InChI is InChI=1S/C16H10F3N5OS/c17-16(18,19)25-14-7-5-13(6-8-14)24-15(21-22-23-24)26-10-12-4-2-1-3-11(12)9-20/h1-8H,10H2. The van der Waals surface area contributed by atoms with Crippen molar-refractivity contribution in [2.75, 3.05) is 0 Å². The van der Waals surface area contributed by atoms with Crippen LogP contribution in [-0.2, 0) is 5.75 Å². The van der Waals surface area contributed by atoms with Gasteiger partial charge in [-0.15, -0.1) is 18.3 Å². The molecule has 1 aromatic heterocycles. The highest BCUT2D eigenvalue weighted by Gasteiger charge is 2.31. The number of halogens is 3. The lowest BCUT2D eigenvalue weighted by Gasteiger charge is -2.09. The molecule has 0 spiro atoms. The van der Waals surface area contributed by atoms with Crippen molar-refractivity contribution in [3.8, 4) is 17.5 Å². The molecule has 0 saturated carbocycles. The Bertz CT molecular complexity index is 934. The Kier molecular flexibility index (Phi) is 5.09. The fourth-order valence-electron chi connectivity index (χ4n) is 2.12. The van der Waals surface area contributed by atoms with Gasteiger partial charge in [0.05, 0.1) is 17.3 Å². The summed E-state index contributed by atoms with van der Waals surface area (Å²) in [6.45, 7) is 0. The van der Waals surface area contributed by atoms with Crippen LogP contribution >= 0.6 is 11.8 Å². The van der Waals surface area contributed by atoms with Gasteiger partial charge in [-0.3, -0.25) is 0 Å². The molecule has 6 nitrogen and oxygen atoms in total. The van der Waals surface area contributed by atoms with Crippen LogP contribution in [0.3, 0.4) is 0 Å². The lowest BCUT2D eigenvalue weighted by molar-refractivity contribution is -0.274. The Morgan fingerprint density at radius 3 is 2.54 bits per heavy atom. The third-order valence-electron chi connectivity index (χ3n) is 3.25. The van der Waals surface area contributed by atoms with Gasteiger partial charge in [0.25, 0.3) is 0 Å². The van der Waals surface area contributed by atoms with Crippen molar-refractivity contribution in [1.29, 1.82) is 5.26 Å². The van der Waals surface area contributed by atoms with Crippen LogP contribution in [-0.4, -0.2) is 26.6 Å². The zero-order valence-corrected chi connectivity index (χ0v) is 13.8. The van der Waals surface area contributed by atoms with E-state index in [4.69, 9.17) is 5.26 Å². The molecule has 1 heterocycles. The molecule has 0 radical (unpaired) electrons. The van der Waals surface area contributed by atoms with Crippen molar-refractivity contribution in [3.63, 3.8) is 0 Å². The van der Waals surface area contributed by atoms with Gasteiger partial charge in [-0.05, 0) is 46.3 Å². The summed E-state index contributed by atoms with van der Waals surface area (Å²) in [5.74, 6) is 0.144. The van der Waals surface area contributed by atoms with E-state index in [1.165, 1.54) is 40.7 Å². The van der Waals surface area contributed by atoms with Crippen molar-refractivity contribution in [2.24, 2.45) is 0 Å². The largest absolute Gasteiger partial charge is 0.573 e. The molecular formula is C16H10F3N5OS. The van der Waals surface area contributed by atoms with E-state index in [1.54, 1.807) is 12.1 Å². The molecule has 0 atom stereocenters. The van der Waals surface area contributed by atoms with Crippen LogP contribution in [0.2, 0.25) is 0 Å². The van der Waals surface area contributed by atoms with Crippen LogP contribution in [0.25, 0.3) is 5.69 Å². The third kappa shape index (κ3) is 4.31. The molecular weight excluding hydrogens is 367 g/mol. The zero-order chi connectivity index (χ0) is 18.6. The van der Waals surface area contributed by atoms with E-state index in [9.17, 15) is 13.2 Å². The topological polar surface area (TPSA) is 76.6 Å². The first-order valence-electron chi connectivity index (χ1n) is 7.21. The summed E-state index contributed by atoms with van der Waals surface area (Å²) in [5.41, 5.74) is 1.89. The van der Waals surface area contributed by atoms with Gasteiger partial charge in [-0.2, -0.15) is 9.94 Å². The second-order valence-corrected chi connectivity index (χ2v) is 5.92. The fraction of sp³-hybridized carbons (Fsp3) is 0.125. The number of nitrogens with zero attached hydrogens (tertiary/aromatic N) is 5. The van der Waals surface area contributed by atoms with Gasteiger partial charge in [-0.25, -0.2) is 0 Å². The van der Waals surface area contributed by atoms with Crippen molar-refractivity contribution in [1.82, 2.24) is 20.2 Å². The predicted octanol–water partition coefficient (Wildman–Crippen LogP) is 3.72. The number of hydrogen-bond donors (Lipinski definition) is 0. The Morgan fingerprint density at radius 2 is 1.85 bits per heavy atom. The van der Waals surface area contributed by atoms with E-state index in [0.717, 1.165) is 5.56 Å². The normalized spacial score (nSPS) is 11.2. The summed E-state index contributed by atoms with van der Waals surface area (Å²) in [6, 6.07) is 14.5. The molecule has 26 heavy (non-hydrogen) atoms. The van der Waals surface area contributed by atoms with Crippen LogP contribution in [0.1, 0.15) is 11.1 Å². The highest BCUT2D eigenvalue weighted by atomic mass is 32.2. The number of tetrazole rings is 1. The Labute approximate surface area is 150 Å². The first kappa shape index (κ1) is 17.8. The minimum absolute atomic E-state index is 0.327. The minimum Gasteiger partial charge on any atom is -0.406 e. The van der Waals surface area contributed by atoms with Gasteiger partial charge in [0.1, 0.15) is 5.75 Å². The number of alkyl halides is 3. The van der Waals surface area contributed by atoms with E-state index < -0.39 is 6.36 Å². The first-order chi connectivity index (χ1) is 12.5. The van der Waals surface area contributed by atoms with Crippen LogP contribution in [0.15, 0.2) is 53.7 Å². The maximum atomic E-state index is 12.2. The highest BCUT2D eigenvalue weighted by molar-refractivity contribution is 7.98. The molecule has 0 amide bonds. The summed E-state index contributed by atoms with van der Waals surface area (Å²) < 4.78 is 41.9. The third-order valence-corrected chi connectivity index (χ3v) is 4.22. The molecule has 0 bridgehead atoms. The maximum absolute atomic E-state index is 12.2. The van der Waals surface area contributed by atoms with Crippen LogP contribution in [0, 0.1) is 11.3 Å². The number of thioether (sulfide) groups is 1. The Morgan fingerprint density at radius 1 is 1.12 bits per heavy atom. The van der Waals surface area contributed by atoms with Crippen molar-refractivity contribution in [2.45, 2.75) is 17.3 Å². The number of benzene rings is 2. The fourth-order valence-corrected chi connectivity index (χ4v) is 3.01. The van der Waals surface area contributed by atoms with Crippen LogP contribution < -0.4 is 4.74 Å². The second-order valence-electron chi connectivity index (χ2n) is 4.97. The minimum atomic E-state index is -4.74. The van der Waals surface area contributed by atoms with Crippen molar-refractivity contribution in [3.05, 3.63) is 59.7 Å². The Hall–Kier alpha value is -3.06. The molecule has 10 heteroatoms. The van der Waals surface area contributed by atoms with E-state index in [-0.39, 0.29) is 5.75 Å². The van der Waals surface area contributed by atoms with Crippen LogP contribution in [0.5, 0.6) is 5.75 Å². The molecule has 132 valence electrons. The quantitative estimate of drug-likeness (QED) is 0.631. The lowest BCUT2D eigenvalue weighted by atomic mass is 10.1. The van der Waals surface area contributed by atoms with Gasteiger partial charge < -0.3 is 4.74 Å². The summed E-state index contributed by atoms with van der Waals surface area (Å²) in [5, 5.41) is 20.9. The van der Waals surface area contributed by atoms with Crippen LogP contribution in [0.4, 0.5) is 13.2 Å². The highest BCUT2D eigenvalue weighted by Crippen LogP contribution is 2.26. The number of ether oxygens (including phenoxy) is 1. The predicted molar refractivity (Wildman–Crippen MR) is 86.6 cm³/mol. The molecule has 0 N–H and O–H groups in total. The molecule has 3 rings (SSSR count).